The molecule has 0 unspecified atom stereocenters. The van der Waals surface area contributed by atoms with Crippen LogP contribution in [0.15, 0.2) is 55.2 Å². The van der Waals surface area contributed by atoms with Gasteiger partial charge in [-0.2, -0.15) is 0 Å². The fraction of sp³-hybridized carbons (Fsp3) is 0.348. The standard InChI is InChI=1S/C23H24N6O/c30-22(18-2-1-9-25-14-18)29-12-7-17(8-13-29)21-20(16-5-10-24-11-6-16)15-26-23(28-21)27-19-3-4-19/h1-2,5-6,9-11,14-15,17,19H,3-4,7-8,12-13H2,(H,26,27,28). The van der Waals surface area contributed by atoms with Crippen LogP contribution in [0.25, 0.3) is 11.1 Å². The molecule has 0 atom stereocenters. The molecule has 0 spiro atoms. The first kappa shape index (κ1) is 18.7. The van der Waals surface area contributed by atoms with Crippen LogP contribution < -0.4 is 5.32 Å². The van der Waals surface area contributed by atoms with Gasteiger partial charge in [-0.1, -0.05) is 0 Å². The summed E-state index contributed by atoms with van der Waals surface area (Å²) >= 11 is 0. The third-order valence-electron chi connectivity index (χ3n) is 5.80. The third-order valence-corrected chi connectivity index (χ3v) is 5.80. The van der Waals surface area contributed by atoms with Crippen LogP contribution >= 0.6 is 0 Å². The molecule has 7 nitrogen and oxygen atoms in total. The van der Waals surface area contributed by atoms with Crippen LogP contribution in [0, 0.1) is 0 Å². The Labute approximate surface area is 175 Å². The molecule has 0 aromatic carbocycles. The molecule has 3 aromatic rings. The summed E-state index contributed by atoms with van der Waals surface area (Å²) in [6, 6.07) is 8.12. The Kier molecular flexibility index (Phi) is 5.09. The summed E-state index contributed by atoms with van der Waals surface area (Å²) < 4.78 is 0. The molecule has 1 saturated heterocycles. The highest BCUT2D eigenvalue weighted by Crippen LogP contribution is 2.35. The summed E-state index contributed by atoms with van der Waals surface area (Å²) in [7, 11) is 0. The summed E-state index contributed by atoms with van der Waals surface area (Å²) in [5, 5.41) is 3.42. The van der Waals surface area contributed by atoms with Gasteiger partial charge in [0, 0.05) is 61.6 Å². The average Bonchev–Trinajstić information content (AvgIpc) is 3.64. The number of piperidine rings is 1. The molecule has 2 fully saturated rings. The van der Waals surface area contributed by atoms with Crippen molar-refractivity contribution >= 4 is 11.9 Å². The van der Waals surface area contributed by atoms with Gasteiger partial charge >= 0.3 is 0 Å². The smallest absolute Gasteiger partial charge is 0.255 e. The van der Waals surface area contributed by atoms with Gasteiger partial charge in [-0.3, -0.25) is 14.8 Å². The zero-order chi connectivity index (χ0) is 20.3. The monoisotopic (exact) mass is 400 g/mol. The molecule has 1 aliphatic carbocycles. The summed E-state index contributed by atoms with van der Waals surface area (Å²) in [6.07, 6.45) is 13.0. The Morgan fingerprint density at radius 2 is 1.77 bits per heavy atom. The first-order valence-corrected chi connectivity index (χ1v) is 10.5. The van der Waals surface area contributed by atoms with Gasteiger partial charge in [0.05, 0.1) is 11.3 Å². The molecule has 3 aromatic heterocycles. The number of amides is 1. The fourth-order valence-electron chi connectivity index (χ4n) is 3.97. The summed E-state index contributed by atoms with van der Waals surface area (Å²) in [4.78, 5) is 32.4. The molecule has 7 heteroatoms. The van der Waals surface area contributed by atoms with E-state index >= 15 is 0 Å². The number of anilines is 1. The van der Waals surface area contributed by atoms with Gasteiger partial charge in [-0.05, 0) is 55.5 Å². The van der Waals surface area contributed by atoms with Crippen LogP contribution in [0.3, 0.4) is 0 Å². The van der Waals surface area contributed by atoms with Gasteiger partial charge in [0.25, 0.3) is 5.91 Å². The lowest BCUT2D eigenvalue weighted by Crippen LogP contribution is -2.38. The Morgan fingerprint density at radius 3 is 2.47 bits per heavy atom. The van der Waals surface area contributed by atoms with E-state index in [0.717, 1.165) is 29.7 Å². The Balaban J connectivity index is 1.37. The number of rotatable bonds is 5. The van der Waals surface area contributed by atoms with E-state index in [2.05, 4.69) is 20.3 Å². The lowest BCUT2D eigenvalue weighted by Gasteiger charge is -2.32. The minimum absolute atomic E-state index is 0.0506. The van der Waals surface area contributed by atoms with Crippen molar-refractivity contribution in [3.8, 4) is 11.1 Å². The zero-order valence-electron chi connectivity index (χ0n) is 16.7. The number of carbonyl (C=O) groups excluding carboxylic acids is 1. The van der Waals surface area contributed by atoms with Crippen LogP contribution in [0.2, 0.25) is 0 Å². The van der Waals surface area contributed by atoms with Crippen LogP contribution in [-0.2, 0) is 0 Å². The summed E-state index contributed by atoms with van der Waals surface area (Å²) in [5.41, 5.74) is 3.84. The minimum atomic E-state index is 0.0506. The molecule has 30 heavy (non-hydrogen) atoms. The second-order valence-electron chi connectivity index (χ2n) is 7.96. The molecule has 152 valence electrons. The number of aromatic nitrogens is 4. The van der Waals surface area contributed by atoms with Crippen LogP contribution in [0.4, 0.5) is 5.95 Å². The molecule has 1 amide bonds. The molecule has 2 aliphatic rings. The normalized spacial score (nSPS) is 17.0. The van der Waals surface area contributed by atoms with E-state index in [1.54, 1.807) is 30.9 Å². The van der Waals surface area contributed by atoms with E-state index in [0.29, 0.717) is 30.6 Å². The predicted molar refractivity (Wildman–Crippen MR) is 114 cm³/mol. The minimum Gasteiger partial charge on any atom is -0.351 e. The van der Waals surface area contributed by atoms with E-state index in [1.807, 2.05) is 29.3 Å². The van der Waals surface area contributed by atoms with Gasteiger partial charge in [0.2, 0.25) is 5.95 Å². The molecular weight excluding hydrogens is 376 g/mol. The molecule has 0 radical (unpaired) electrons. The topological polar surface area (TPSA) is 83.9 Å². The lowest BCUT2D eigenvalue weighted by atomic mass is 9.89. The second kappa shape index (κ2) is 8.18. The van der Waals surface area contributed by atoms with Crippen molar-refractivity contribution in [3.05, 3.63) is 66.5 Å². The van der Waals surface area contributed by atoms with Crippen molar-refractivity contribution in [2.24, 2.45) is 0 Å². The molecule has 5 rings (SSSR count). The van der Waals surface area contributed by atoms with Crippen molar-refractivity contribution in [3.63, 3.8) is 0 Å². The molecule has 0 bridgehead atoms. The number of likely N-dealkylation sites (tertiary alicyclic amines) is 1. The number of pyridine rings is 2. The molecular formula is C23H24N6O. The van der Waals surface area contributed by atoms with Crippen molar-refractivity contribution in [1.82, 2.24) is 24.8 Å². The average molecular weight is 400 g/mol. The number of hydrogen-bond acceptors (Lipinski definition) is 6. The highest BCUT2D eigenvalue weighted by molar-refractivity contribution is 5.93. The number of nitrogens with one attached hydrogen (secondary N) is 1. The van der Waals surface area contributed by atoms with E-state index in [1.165, 1.54) is 12.8 Å². The first-order valence-electron chi connectivity index (χ1n) is 10.5. The number of nitrogens with zero attached hydrogens (tertiary/aromatic N) is 5. The highest BCUT2D eigenvalue weighted by atomic mass is 16.2. The zero-order valence-corrected chi connectivity index (χ0v) is 16.7. The molecule has 1 saturated carbocycles. The van der Waals surface area contributed by atoms with Crippen LogP contribution in [0.5, 0.6) is 0 Å². The fourth-order valence-corrected chi connectivity index (χ4v) is 3.97. The highest BCUT2D eigenvalue weighted by Gasteiger charge is 2.28. The van der Waals surface area contributed by atoms with E-state index in [9.17, 15) is 4.79 Å². The lowest BCUT2D eigenvalue weighted by molar-refractivity contribution is 0.0712. The second-order valence-corrected chi connectivity index (χ2v) is 7.96. The van der Waals surface area contributed by atoms with Crippen LogP contribution in [0.1, 0.15) is 47.7 Å². The Hall–Kier alpha value is -3.35. The largest absolute Gasteiger partial charge is 0.351 e. The summed E-state index contributed by atoms with van der Waals surface area (Å²) in [5.74, 6) is 1.04. The van der Waals surface area contributed by atoms with Crippen molar-refractivity contribution in [1.29, 1.82) is 0 Å². The van der Waals surface area contributed by atoms with Gasteiger partial charge < -0.3 is 10.2 Å². The summed E-state index contributed by atoms with van der Waals surface area (Å²) in [6.45, 7) is 1.42. The maximum Gasteiger partial charge on any atom is 0.255 e. The Morgan fingerprint density at radius 1 is 0.967 bits per heavy atom. The maximum absolute atomic E-state index is 12.8. The number of carbonyl (C=O) groups is 1. The van der Waals surface area contributed by atoms with Gasteiger partial charge in [0.15, 0.2) is 0 Å². The van der Waals surface area contributed by atoms with Gasteiger partial charge in [0.1, 0.15) is 0 Å². The SMILES string of the molecule is O=C(c1cccnc1)N1CCC(c2nc(NC3CC3)ncc2-c2ccncc2)CC1. The van der Waals surface area contributed by atoms with Gasteiger partial charge in [-0.25, -0.2) is 9.97 Å². The number of hydrogen-bond donors (Lipinski definition) is 1. The van der Waals surface area contributed by atoms with Crippen molar-refractivity contribution < 1.29 is 4.79 Å². The van der Waals surface area contributed by atoms with E-state index in [-0.39, 0.29) is 11.8 Å². The maximum atomic E-state index is 12.8. The quantitative estimate of drug-likeness (QED) is 0.705. The molecule has 1 aliphatic heterocycles. The third kappa shape index (κ3) is 4.01. The van der Waals surface area contributed by atoms with E-state index < -0.39 is 0 Å². The Bertz CT molecular complexity index is 1010. The van der Waals surface area contributed by atoms with E-state index in [4.69, 9.17) is 4.98 Å². The van der Waals surface area contributed by atoms with Crippen molar-refractivity contribution in [2.75, 3.05) is 18.4 Å². The van der Waals surface area contributed by atoms with Crippen LogP contribution in [-0.4, -0.2) is 49.9 Å². The van der Waals surface area contributed by atoms with Gasteiger partial charge in [-0.15, -0.1) is 0 Å². The predicted octanol–water partition coefficient (Wildman–Crippen LogP) is 3.53. The molecule has 1 N–H and O–H groups in total. The first-order chi connectivity index (χ1) is 14.8. The van der Waals surface area contributed by atoms with Crippen molar-refractivity contribution in [2.45, 2.75) is 37.6 Å². The molecule has 4 heterocycles.